The molecule has 0 aliphatic carbocycles. The van der Waals surface area contributed by atoms with Crippen LogP contribution in [-0.4, -0.2) is 30.4 Å². The average molecular weight is 592 g/mol. The van der Waals surface area contributed by atoms with Crippen molar-refractivity contribution in [1.82, 2.24) is 4.57 Å². The maximum Gasteiger partial charge on any atom is 0.573 e. The third-order valence-electron chi connectivity index (χ3n) is 6.36. The van der Waals surface area contributed by atoms with Crippen LogP contribution in [0.1, 0.15) is 21.6 Å². The number of hydrogen-bond donors (Lipinski definition) is 0. The van der Waals surface area contributed by atoms with E-state index in [4.69, 9.17) is 0 Å². The Hall–Kier alpha value is -4.74. The third-order valence-corrected chi connectivity index (χ3v) is 6.36. The number of para-hydroxylation sites is 2. The zero-order valence-electron chi connectivity index (χ0n) is 22.2. The second-order valence-electron chi connectivity index (χ2n) is 9.04. The molecular formula is C30H23F6NO5. The summed E-state index contributed by atoms with van der Waals surface area (Å²) in [5, 5.41) is 0. The molecule has 0 aliphatic rings. The number of aryl methyl sites for hydroxylation is 1. The number of ether oxygens (including phenoxy) is 3. The van der Waals surface area contributed by atoms with Crippen molar-refractivity contribution in [3.63, 3.8) is 0 Å². The Morgan fingerprint density at radius 2 is 1.24 bits per heavy atom. The fraction of sp³-hybridized carbons (Fsp3) is 0.200. The molecule has 4 rings (SSSR count). The van der Waals surface area contributed by atoms with Crippen molar-refractivity contribution in [2.45, 2.75) is 32.6 Å². The largest absolute Gasteiger partial charge is 0.573 e. The van der Waals surface area contributed by atoms with Crippen LogP contribution in [0.4, 0.5) is 26.3 Å². The van der Waals surface area contributed by atoms with Gasteiger partial charge in [0, 0.05) is 28.9 Å². The van der Waals surface area contributed by atoms with Crippen molar-refractivity contribution >= 4 is 5.97 Å². The van der Waals surface area contributed by atoms with E-state index < -0.39 is 35.8 Å². The minimum Gasteiger partial charge on any atom is -0.465 e. The highest BCUT2D eigenvalue weighted by Gasteiger charge is 2.34. The molecule has 0 amide bonds. The number of alkyl halides is 6. The van der Waals surface area contributed by atoms with E-state index in [0.29, 0.717) is 11.1 Å². The lowest BCUT2D eigenvalue weighted by Crippen LogP contribution is -2.26. The fourth-order valence-corrected chi connectivity index (χ4v) is 4.46. The summed E-state index contributed by atoms with van der Waals surface area (Å²) < 4.78 is 93.5. The van der Waals surface area contributed by atoms with Crippen LogP contribution in [0.25, 0.3) is 22.3 Å². The first kappa shape index (κ1) is 30.2. The molecule has 4 aromatic rings. The molecule has 0 N–H and O–H groups in total. The molecule has 0 spiro atoms. The van der Waals surface area contributed by atoms with Crippen LogP contribution in [0.5, 0.6) is 11.5 Å². The van der Waals surface area contributed by atoms with E-state index in [1.54, 1.807) is 12.1 Å². The Bertz CT molecular complexity index is 1640. The number of hydrogen-bond acceptors (Lipinski definition) is 5. The normalized spacial score (nSPS) is 11.7. The zero-order valence-corrected chi connectivity index (χ0v) is 22.2. The predicted octanol–water partition coefficient (Wildman–Crippen LogP) is 7.32. The number of esters is 1. The quantitative estimate of drug-likeness (QED) is 0.159. The topological polar surface area (TPSA) is 66.8 Å². The number of methoxy groups -OCH3 is 1. The number of carbonyl (C=O) groups is 1. The van der Waals surface area contributed by atoms with Gasteiger partial charge in [-0.1, -0.05) is 48.5 Å². The Labute approximate surface area is 235 Å². The first-order chi connectivity index (χ1) is 19.8. The Kier molecular flexibility index (Phi) is 8.64. The molecule has 0 fully saturated rings. The van der Waals surface area contributed by atoms with Gasteiger partial charge in [0.2, 0.25) is 0 Å². The molecule has 1 aromatic heterocycles. The van der Waals surface area contributed by atoms with Gasteiger partial charge < -0.3 is 18.8 Å². The highest BCUT2D eigenvalue weighted by Crippen LogP contribution is 2.38. The number of aromatic nitrogens is 1. The number of nitrogens with zero attached hydrogens (tertiary/aromatic N) is 1. The molecule has 3 aromatic carbocycles. The molecule has 0 saturated heterocycles. The summed E-state index contributed by atoms with van der Waals surface area (Å²) in [6.45, 7) is 1.52. The first-order valence-electron chi connectivity index (χ1n) is 12.4. The van der Waals surface area contributed by atoms with E-state index in [1.807, 2.05) is 0 Å². The van der Waals surface area contributed by atoms with Gasteiger partial charge >= 0.3 is 18.7 Å². The van der Waals surface area contributed by atoms with Gasteiger partial charge in [0.1, 0.15) is 11.5 Å². The predicted molar refractivity (Wildman–Crippen MR) is 141 cm³/mol. The summed E-state index contributed by atoms with van der Waals surface area (Å²) in [6, 6.07) is 17.9. The summed E-state index contributed by atoms with van der Waals surface area (Å²) >= 11 is 0. The van der Waals surface area contributed by atoms with E-state index in [1.165, 1.54) is 73.2 Å². The second kappa shape index (κ2) is 12.0. The fourth-order valence-electron chi connectivity index (χ4n) is 4.46. The number of benzene rings is 3. The molecule has 220 valence electrons. The number of rotatable bonds is 8. The maximum absolute atomic E-state index is 13.8. The summed E-state index contributed by atoms with van der Waals surface area (Å²) in [5.41, 5.74) is 0.261. The third kappa shape index (κ3) is 7.12. The van der Waals surface area contributed by atoms with Gasteiger partial charge in [-0.2, -0.15) is 0 Å². The van der Waals surface area contributed by atoms with Crippen LogP contribution in [-0.2, 0) is 17.7 Å². The molecular weight excluding hydrogens is 568 g/mol. The Morgan fingerprint density at radius 1 is 0.738 bits per heavy atom. The maximum atomic E-state index is 13.8. The van der Waals surface area contributed by atoms with Gasteiger partial charge in [0.25, 0.3) is 5.56 Å². The smallest absolute Gasteiger partial charge is 0.465 e. The van der Waals surface area contributed by atoms with E-state index in [2.05, 4.69) is 14.2 Å². The summed E-state index contributed by atoms with van der Waals surface area (Å²) in [7, 11) is 1.24. The van der Waals surface area contributed by atoms with Gasteiger partial charge in [-0.25, -0.2) is 4.79 Å². The van der Waals surface area contributed by atoms with E-state index in [-0.39, 0.29) is 40.9 Å². The van der Waals surface area contributed by atoms with Gasteiger partial charge in [0.05, 0.1) is 18.2 Å². The molecule has 1 heterocycles. The minimum atomic E-state index is -5.06. The van der Waals surface area contributed by atoms with Gasteiger partial charge in [-0.15, -0.1) is 26.3 Å². The van der Waals surface area contributed by atoms with E-state index in [9.17, 15) is 35.9 Å². The van der Waals surface area contributed by atoms with E-state index >= 15 is 0 Å². The van der Waals surface area contributed by atoms with Crippen LogP contribution in [0.2, 0.25) is 0 Å². The highest BCUT2D eigenvalue weighted by atomic mass is 19.4. The molecule has 0 radical (unpaired) electrons. The molecule has 0 aliphatic heterocycles. The summed E-state index contributed by atoms with van der Waals surface area (Å²) in [4.78, 5) is 25.5. The van der Waals surface area contributed by atoms with Crippen LogP contribution in [0, 0.1) is 6.92 Å². The van der Waals surface area contributed by atoms with Crippen LogP contribution in [0.15, 0.2) is 83.7 Å². The van der Waals surface area contributed by atoms with Crippen molar-refractivity contribution in [2.75, 3.05) is 7.11 Å². The average Bonchev–Trinajstić information content (AvgIpc) is 2.92. The second-order valence-corrected chi connectivity index (χ2v) is 9.04. The molecule has 0 saturated carbocycles. The first-order valence-corrected chi connectivity index (χ1v) is 12.4. The van der Waals surface area contributed by atoms with Gasteiger partial charge in [-0.05, 0) is 49.2 Å². The van der Waals surface area contributed by atoms with Gasteiger partial charge in [-0.3, -0.25) is 4.79 Å². The number of pyridine rings is 1. The molecule has 0 unspecified atom stereocenters. The molecule has 0 bridgehead atoms. The van der Waals surface area contributed by atoms with E-state index in [0.717, 1.165) is 12.1 Å². The van der Waals surface area contributed by atoms with Crippen LogP contribution >= 0.6 is 0 Å². The zero-order chi connectivity index (χ0) is 30.7. The minimum absolute atomic E-state index is 0.00761. The molecule has 0 atom stereocenters. The SMILES string of the molecule is COC(=O)c1ccc(CCn2c(C)c(-c3ccccc3OC(F)(F)F)cc(-c3ccccc3OC(F)(F)F)c2=O)cc1. The van der Waals surface area contributed by atoms with Gasteiger partial charge in [0.15, 0.2) is 0 Å². The highest BCUT2D eigenvalue weighted by molar-refractivity contribution is 5.89. The number of carbonyl (C=O) groups excluding carboxylic acids is 1. The summed E-state index contributed by atoms with van der Waals surface area (Å²) in [6.07, 6.45) is -9.84. The van der Waals surface area contributed by atoms with Crippen molar-refractivity contribution in [1.29, 1.82) is 0 Å². The lowest BCUT2D eigenvalue weighted by Gasteiger charge is -2.20. The summed E-state index contributed by atoms with van der Waals surface area (Å²) in [5.74, 6) is -1.74. The standard InChI is InChI=1S/C30H23F6NO5/c1-18-23(21-7-3-5-9-25(21)41-29(31,32)33)17-24(22-8-4-6-10-26(22)42-30(34,35)36)27(38)37(18)16-15-19-11-13-20(14-12-19)28(39)40-2/h3-14,17H,15-16H2,1-2H3. The van der Waals surface area contributed by atoms with Crippen LogP contribution < -0.4 is 15.0 Å². The van der Waals surface area contributed by atoms with Crippen molar-refractivity contribution in [2.24, 2.45) is 0 Å². The van der Waals surface area contributed by atoms with Crippen molar-refractivity contribution in [3.05, 3.63) is 106 Å². The Morgan fingerprint density at radius 3 is 1.74 bits per heavy atom. The number of halogens is 6. The van der Waals surface area contributed by atoms with Crippen molar-refractivity contribution < 1.29 is 45.3 Å². The van der Waals surface area contributed by atoms with Crippen molar-refractivity contribution in [3.8, 4) is 33.8 Å². The van der Waals surface area contributed by atoms with Crippen LogP contribution in [0.3, 0.4) is 0 Å². The lowest BCUT2D eigenvalue weighted by molar-refractivity contribution is -0.275. The Balaban J connectivity index is 1.88. The molecule has 6 nitrogen and oxygen atoms in total. The molecule has 42 heavy (non-hydrogen) atoms. The monoisotopic (exact) mass is 591 g/mol. The lowest BCUT2D eigenvalue weighted by atomic mass is 9.97. The molecule has 12 heteroatoms.